The van der Waals surface area contributed by atoms with Crippen molar-refractivity contribution in [1.29, 1.82) is 0 Å². The lowest BCUT2D eigenvalue weighted by Gasteiger charge is -2.09. The molecule has 0 aromatic carbocycles. The molecule has 0 bridgehead atoms. The summed E-state index contributed by atoms with van der Waals surface area (Å²) in [5.74, 6) is 0.468. The Kier molecular flexibility index (Phi) is 4.53. The first-order chi connectivity index (χ1) is 7.44. The number of allylic oxidation sites excluding steroid dienone is 1. The maximum absolute atomic E-state index is 11.5. The second-order valence-electron chi connectivity index (χ2n) is 4.27. The maximum Gasteiger partial charge on any atom is 0.246 e. The van der Waals surface area contributed by atoms with Gasteiger partial charge in [-0.2, -0.15) is 0 Å². The molecule has 1 aliphatic heterocycles. The van der Waals surface area contributed by atoms with Crippen LogP contribution in [0.5, 0.6) is 0 Å². The molecule has 4 nitrogen and oxygen atoms in total. The van der Waals surface area contributed by atoms with Crippen molar-refractivity contribution in [2.75, 3.05) is 18.1 Å². The number of carbonyl (C=O) groups excluding carboxylic acids is 1. The summed E-state index contributed by atoms with van der Waals surface area (Å²) in [5, 5.41) is 2.78. The van der Waals surface area contributed by atoms with E-state index in [1.807, 2.05) is 13.0 Å². The van der Waals surface area contributed by atoms with Crippen LogP contribution in [0.1, 0.15) is 26.7 Å². The molecule has 1 fully saturated rings. The van der Waals surface area contributed by atoms with Crippen LogP contribution in [0.15, 0.2) is 11.6 Å². The molecule has 0 aliphatic carbocycles. The molecule has 1 N–H and O–H groups in total. The number of hydrogen-bond donors (Lipinski definition) is 1. The van der Waals surface area contributed by atoms with Crippen molar-refractivity contribution >= 4 is 15.7 Å². The van der Waals surface area contributed by atoms with E-state index in [1.165, 1.54) is 0 Å². The molecule has 0 saturated carbocycles. The van der Waals surface area contributed by atoms with Crippen LogP contribution in [0.2, 0.25) is 0 Å². The molecule has 1 unspecified atom stereocenters. The smallest absolute Gasteiger partial charge is 0.246 e. The Morgan fingerprint density at radius 1 is 1.50 bits per heavy atom. The van der Waals surface area contributed by atoms with Gasteiger partial charge in [0, 0.05) is 12.1 Å². The molecule has 1 amide bonds. The fourth-order valence-electron chi connectivity index (χ4n) is 1.81. The Hall–Kier alpha value is -0.840. The van der Waals surface area contributed by atoms with E-state index in [4.69, 9.17) is 0 Å². The lowest BCUT2D eigenvalue weighted by molar-refractivity contribution is -0.117. The molecule has 1 saturated heterocycles. The number of carbonyl (C=O) groups is 1. The zero-order valence-electron chi connectivity index (χ0n) is 9.82. The standard InChI is InChI=1S/C11H19NO3S/c1-3-4-9(2)11(13)12-7-10-5-6-16(14,15)8-10/h4,10H,3,5-8H2,1-2H3,(H,12,13). The molecule has 1 aliphatic rings. The van der Waals surface area contributed by atoms with E-state index in [0.717, 1.165) is 6.42 Å². The van der Waals surface area contributed by atoms with Gasteiger partial charge >= 0.3 is 0 Å². The highest BCUT2D eigenvalue weighted by molar-refractivity contribution is 7.91. The summed E-state index contributed by atoms with van der Waals surface area (Å²) in [6.45, 7) is 4.21. The van der Waals surface area contributed by atoms with Crippen molar-refractivity contribution in [2.24, 2.45) is 5.92 Å². The summed E-state index contributed by atoms with van der Waals surface area (Å²) in [7, 11) is -2.84. The molecule has 5 heteroatoms. The second kappa shape index (κ2) is 5.48. The summed E-state index contributed by atoms with van der Waals surface area (Å²) in [4.78, 5) is 11.5. The van der Waals surface area contributed by atoms with Gasteiger partial charge in [0.05, 0.1) is 11.5 Å². The van der Waals surface area contributed by atoms with E-state index in [2.05, 4.69) is 5.32 Å². The third-order valence-electron chi connectivity index (χ3n) is 2.75. The molecule has 0 spiro atoms. The van der Waals surface area contributed by atoms with Gasteiger partial charge < -0.3 is 5.32 Å². The predicted octanol–water partition coefficient (Wildman–Crippen LogP) is 0.894. The quantitative estimate of drug-likeness (QED) is 0.748. The van der Waals surface area contributed by atoms with Crippen LogP contribution in [0.25, 0.3) is 0 Å². The summed E-state index contributed by atoms with van der Waals surface area (Å²) in [6.07, 6.45) is 3.36. The number of hydrogen-bond acceptors (Lipinski definition) is 3. The van der Waals surface area contributed by atoms with E-state index in [0.29, 0.717) is 18.5 Å². The zero-order valence-corrected chi connectivity index (χ0v) is 10.6. The number of nitrogens with one attached hydrogen (secondary N) is 1. The third-order valence-corrected chi connectivity index (χ3v) is 4.58. The van der Waals surface area contributed by atoms with E-state index in [-0.39, 0.29) is 23.3 Å². The first-order valence-electron chi connectivity index (χ1n) is 5.60. The number of amides is 1. The lowest BCUT2D eigenvalue weighted by atomic mass is 10.1. The molecule has 0 aromatic rings. The van der Waals surface area contributed by atoms with Crippen LogP contribution >= 0.6 is 0 Å². The van der Waals surface area contributed by atoms with E-state index in [1.54, 1.807) is 6.92 Å². The Morgan fingerprint density at radius 3 is 2.69 bits per heavy atom. The molecule has 0 aromatic heterocycles. The van der Waals surface area contributed by atoms with Crippen LogP contribution in [0, 0.1) is 5.92 Å². The summed E-state index contributed by atoms with van der Waals surface area (Å²) >= 11 is 0. The summed E-state index contributed by atoms with van der Waals surface area (Å²) < 4.78 is 22.4. The van der Waals surface area contributed by atoms with Crippen LogP contribution in [0.4, 0.5) is 0 Å². The van der Waals surface area contributed by atoms with Gasteiger partial charge in [-0.3, -0.25) is 4.79 Å². The van der Waals surface area contributed by atoms with Gasteiger partial charge in [-0.15, -0.1) is 0 Å². The van der Waals surface area contributed by atoms with Crippen LogP contribution in [-0.2, 0) is 14.6 Å². The molecule has 0 radical (unpaired) electrons. The maximum atomic E-state index is 11.5. The number of sulfone groups is 1. The van der Waals surface area contributed by atoms with Crippen molar-refractivity contribution in [3.05, 3.63) is 11.6 Å². The molecule has 1 heterocycles. The normalized spacial score (nSPS) is 24.4. The average Bonchev–Trinajstić information content (AvgIpc) is 2.55. The van der Waals surface area contributed by atoms with Crippen molar-refractivity contribution in [3.63, 3.8) is 0 Å². The molecule has 1 rings (SSSR count). The van der Waals surface area contributed by atoms with Gasteiger partial charge in [0.25, 0.3) is 0 Å². The monoisotopic (exact) mass is 245 g/mol. The Labute approximate surface area is 97.0 Å². The molecule has 16 heavy (non-hydrogen) atoms. The SMILES string of the molecule is CCC=C(C)C(=O)NCC1CCS(=O)(=O)C1. The Bertz CT molecular complexity index is 384. The van der Waals surface area contributed by atoms with Crippen molar-refractivity contribution in [3.8, 4) is 0 Å². The van der Waals surface area contributed by atoms with Gasteiger partial charge in [-0.25, -0.2) is 8.42 Å². The van der Waals surface area contributed by atoms with Gasteiger partial charge in [0.1, 0.15) is 0 Å². The van der Waals surface area contributed by atoms with Gasteiger partial charge in [-0.1, -0.05) is 13.0 Å². The fraction of sp³-hybridized carbons (Fsp3) is 0.727. The predicted molar refractivity (Wildman–Crippen MR) is 63.8 cm³/mol. The van der Waals surface area contributed by atoms with Crippen LogP contribution in [0.3, 0.4) is 0 Å². The largest absolute Gasteiger partial charge is 0.352 e. The van der Waals surface area contributed by atoms with Crippen molar-refractivity contribution in [1.82, 2.24) is 5.32 Å². The molecule has 92 valence electrons. The Balaban J connectivity index is 2.36. The highest BCUT2D eigenvalue weighted by Crippen LogP contribution is 2.17. The van der Waals surface area contributed by atoms with E-state index in [9.17, 15) is 13.2 Å². The molecular formula is C11H19NO3S. The molecular weight excluding hydrogens is 226 g/mol. The van der Waals surface area contributed by atoms with E-state index < -0.39 is 9.84 Å². The minimum atomic E-state index is -2.84. The van der Waals surface area contributed by atoms with Crippen molar-refractivity contribution < 1.29 is 13.2 Å². The minimum Gasteiger partial charge on any atom is -0.352 e. The van der Waals surface area contributed by atoms with Crippen LogP contribution < -0.4 is 5.32 Å². The summed E-state index contributed by atoms with van der Waals surface area (Å²) in [5.41, 5.74) is 0.698. The summed E-state index contributed by atoms with van der Waals surface area (Å²) in [6, 6.07) is 0. The van der Waals surface area contributed by atoms with Gasteiger partial charge in [-0.05, 0) is 25.7 Å². The Morgan fingerprint density at radius 2 is 2.19 bits per heavy atom. The highest BCUT2D eigenvalue weighted by Gasteiger charge is 2.27. The van der Waals surface area contributed by atoms with Gasteiger partial charge in [0.15, 0.2) is 9.84 Å². The zero-order chi connectivity index (χ0) is 12.2. The topological polar surface area (TPSA) is 63.2 Å². The highest BCUT2D eigenvalue weighted by atomic mass is 32.2. The lowest BCUT2D eigenvalue weighted by Crippen LogP contribution is -2.30. The van der Waals surface area contributed by atoms with Crippen molar-refractivity contribution in [2.45, 2.75) is 26.7 Å². The second-order valence-corrected chi connectivity index (χ2v) is 6.50. The minimum absolute atomic E-state index is 0.0865. The average molecular weight is 245 g/mol. The number of rotatable bonds is 4. The van der Waals surface area contributed by atoms with E-state index >= 15 is 0 Å². The third kappa shape index (κ3) is 3.96. The van der Waals surface area contributed by atoms with Gasteiger partial charge in [0.2, 0.25) is 5.91 Å². The fourth-order valence-corrected chi connectivity index (χ4v) is 3.67. The van der Waals surface area contributed by atoms with Crippen LogP contribution in [-0.4, -0.2) is 32.4 Å². The first-order valence-corrected chi connectivity index (χ1v) is 7.42. The molecule has 1 atom stereocenters. The first kappa shape index (κ1) is 13.2.